The van der Waals surface area contributed by atoms with E-state index in [0.29, 0.717) is 0 Å². The van der Waals surface area contributed by atoms with Gasteiger partial charge in [0.1, 0.15) is 0 Å². The molecule has 1 N–H and O–H groups in total. The van der Waals surface area contributed by atoms with Crippen LogP contribution in [0, 0.1) is 0 Å². The molecule has 0 aliphatic carbocycles. The van der Waals surface area contributed by atoms with Crippen molar-refractivity contribution in [1.82, 2.24) is 4.90 Å². The highest BCUT2D eigenvalue weighted by Crippen LogP contribution is 2.17. The third-order valence-corrected chi connectivity index (χ3v) is 2.39. The van der Waals surface area contributed by atoms with Gasteiger partial charge >= 0.3 is 0 Å². The number of hydrogen-bond donors (Lipinski definition) is 1. The fourth-order valence-corrected chi connectivity index (χ4v) is 1.39. The molecular formula is C11H17NO. The van der Waals surface area contributed by atoms with Crippen LogP contribution < -0.4 is 0 Å². The van der Waals surface area contributed by atoms with E-state index in [0.717, 1.165) is 6.54 Å². The molecule has 2 nitrogen and oxygen atoms in total. The number of hydrogen-bond acceptors (Lipinski definition) is 2. The van der Waals surface area contributed by atoms with Gasteiger partial charge in [-0.2, -0.15) is 0 Å². The lowest BCUT2D eigenvalue weighted by molar-refractivity contribution is 0.153. The lowest BCUT2D eigenvalue weighted by Gasteiger charge is -2.25. The molecule has 1 aromatic carbocycles. The second-order valence-corrected chi connectivity index (χ2v) is 3.18. The first-order valence-electron chi connectivity index (χ1n) is 4.65. The number of aliphatic hydroxyl groups excluding tert-OH is 1. The van der Waals surface area contributed by atoms with Crippen LogP contribution in [0.1, 0.15) is 18.5 Å². The van der Waals surface area contributed by atoms with Gasteiger partial charge in [0.25, 0.3) is 0 Å². The molecule has 0 aromatic heterocycles. The summed E-state index contributed by atoms with van der Waals surface area (Å²) in [5.41, 5.74) is 1.18. The zero-order valence-corrected chi connectivity index (χ0v) is 8.27. The number of likely N-dealkylation sites (N-methyl/N-ethyl adjacent to an activating group) is 1. The monoisotopic (exact) mass is 179 g/mol. The Morgan fingerprint density at radius 1 is 1.31 bits per heavy atom. The van der Waals surface area contributed by atoms with Gasteiger partial charge < -0.3 is 5.11 Å². The first kappa shape index (κ1) is 10.2. The molecule has 0 amide bonds. The minimum Gasteiger partial charge on any atom is -0.394 e. The fraction of sp³-hybridized carbons (Fsp3) is 0.455. The van der Waals surface area contributed by atoms with Gasteiger partial charge in [0.2, 0.25) is 0 Å². The summed E-state index contributed by atoms with van der Waals surface area (Å²) in [6, 6.07) is 10.2. The Hall–Kier alpha value is -0.860. The molecule has 0 bridgehead atoms. The summed E-state index contributed by atoms with van der Waals surface area (Å²) < 4.78 is 0. The van der Waals surface area contributed by atoms with Gasteiger partial charge in [-0.25, -0.2) is 0 Å². The summed E-state index contributed by atoms with van der Waals surface area (Å²) in [6.07, 6.45) is 0. The van der Waals surface area contributed by atoms with Crippen molar-refractivity contribution in [3.05, 3.63) is 35.9 Å². The first-order valence-corrected chi connectivity index (χ1v) is 4.65. The van der Waals surface area contributed by atoms with E-state index < -0.39 is 0 Å². The number of rotatable bonds is 4. The average Bonchev–Trinajstić information content (AvgIpc) is 2.20. The van der Waals surface area contributed by atoms with Crippen molar-refractivity contribution >= 4 is 0 Å². The highest BCUT2D eigenvalue weighted by atomic mass is 16.3. The molecule has 0 spiro atoms. The van der Waals surface area contributed by atoms with E-state index in [-0.39, 0.29) is 12.6 Å². The Morgan fingerprint density at radius 2 is 1.92 bits per heavy atom. The molecule has 13 heavy (non-hydrogen) atoms. The lowest BCUT2D eigenvalue weighted by Crippen LogP contribution is -2.26. The van der Waals surface area contributed by atoms with Crippen LogP contribution in [0.25, 0.3) is 0 Å². The van der Waals surface area contributed by atoms with Crippen LogP contribution in [0.3, 0.4) is 0 Å². The zero-order valence-electron chi connectivity index (χ0n) is 8.27. The highest BCUT2D eigenvalue weighted by molar-refractivity contribution is 5.18. The van der Waals surface area contributed by atoms with Gasteiger partial charge in [0.15, 0.2) is 0 Å². The molecule has 72 valence electrons. The topological polar surface area (TPSA) is 23.5 Å². The molecule has 0 fully saturated rings. The predicted octanol–water partition coefficient (Wildman–Crippen LogP) is 1.67. The summed E-state index contributed by atoms with van der Waals surface area (Å²) in [5, 5.41) is 9.24. The van der Waals surface area contributed by atoms with Gasteiger partial charge in [0, 0.05) is 0 Å². The van der Waals surface area contributed by atoms with Crippen LogP contribution in [0.15, 0.2) is 30.3 Å². The van der Waals surface area contributed by atoms with E-state index in [2.05, 4.69) is 11.8 Å². The van der Waals surface area contributed by atoms with Crippen molar-refractivity contribution < 1.29 is 5.11 Å². The largest absolute Gasteiger partial charge is 0.394 e. The van der Waals surface area contributed by atoms with Crippen LogP contribution in [0.4, 0.5) is 0 Å². The van der Waals surface area contributed by atoms with Crippen molar-refractivity contribution in [2.75, 3.05) is 20.2 Å². The van der Waals surface area contributed by atoms with Crippen LogP contribution in [0.2, 0.25) is 0 Å². The van der Waals surface area contributed by atoms with E-state index >= 15 is 0 Å². The molecule has 0 unspecified atom stereocenters. The lowest BCUT2D eigenvalue weighted by atomic mass is 10.1. The second kappa shape index (κ2) is 5.00. The first-order chi connectivity index (χ1) is 6.29. The van der Waals surface area contributed by atoms with E-state index in [1.165, 1.54) is 5.56 Å². The van der Waals surface area contributed by atoms with Crippen LogP contribution >= 0.6 is 0 Å². The van der Waals surface area contributed by atoms with Gasteiger partial charge in [0.05, 0.1) is 12.6 Å². The maximum Gasteiger partial charge on any atom is 0.0628 e. The molecule has 1 rings (SSSR count). The van der Waals surface area contributed by atoms with E-state index in [9.17, 15) is 5.11 Å². The summed E-state index contributed by atoms with van der Waals surface area (Å²) in [7, 11) is 2.02. The maximum absolute atomic E-state index is 9.24. The molecule has 1 atom stereocenters. The van der Waals surface area contributed by atoms with Gasteiger partial charge in [-0.1, -0.05) is 37.3 Å². The standard InChI is InChI=1S/C11H17NO/c1-3-12(2)11(9-13)10-7-5-4-6-8-10/h4-8,11,13H,3,9H2,1-2H3/t11-/m1/s1. The van der Waals surface area contributed by atoms with Crippen molar-refractivity contribution in [2.24, 2.45) is 0 Å². The quantitative estimate of drug-likeness (QED) is 0.760. The minimum absolute atomic E-state index is 0.131. The number of aliphatic hydroxyl groups is 1. The Balaban J connectivity index is 2.78. The smallest absolute Gasteiger partial charge is 0.0628 e. The van der Waals surface area contributed by atoms with Crippen molar-refractivity contribution in [3.63, 3.8) is 0 Å². The third kappa shape index (κ3) is 2.54. The van der Waals surface area contributed by atoms with Crippen LogP contribution in [0.5, 0.6) is 0 Å². The van der Waals surface area contributed by atoms with E-state index in [1.54, 1.807) is 0 Å². The molecule has 0 heterocycles. The Labute approximate surface area is 79.8 Å². The Bertz CT molecular complexity index is 235. The van der Waals surface area contributed by atoms with Gasteiger partial charge in [-0.05, 0) is 19.2 Å². The fourth-order valence-electron chi connectivity index (χ4n) is 1.39. The summed E-state index contributed by atoms with van der Waals surface area (Å²) >= 11 is 0. The van der Waals surface area contributed by atoms with Crippen molar-refractivity contribution in [2.45, 2.75) is 13.0 Å². The maximum atomic E-state index is 9.24. The molecule has 0 radical (unpaired) electrons. The SMILES string of the molecule is CCN(C)[C@H](CO)c1ccccc1. The second-order valence-electron chi connectivity index (χ2n) is 3.18. The zero-order chi connectivity index (χ0) is 9.68. The molecular weight excluding hydrogens is 162 g/mol. The van der Waals surface area contributed by atoms with E-state index in [4.69, 9.17) is 0 Å². The third-order valence-electron chi connectivity index (χ3n) is 2.39. The summed E-state index contributed by atoms with van der Waals surface area (Å²) in [6.45, 7) is 3.21. The van der Waals surface area contributed by atoms with Crippen molar-refractivity contribution in [3.8, 4) is 0 Å². The minimum atomic E-state index is 0.131. The summed E-state index contributed by atoms with van der Waals surface area (Å²) in [5.74, 6) is 0. The summed E-state index contributed by atoms with van der Waals surface area (Å²) in [4.78, 5) is 2.13. The average molecular weight is 179 g/mol. The number of nitrogens with zero attached hydrogens (tertiary/aromatic N) is 1. The Kier molecular flexibility index (Phi) is 3.93. The van der Waals surface area contributed by atoms with Gasteiger partial charge in [-0.15, -0.1) is 0 Å². The molecule has 0 aliphatic heterocycles. The van der Waals surface area contributed by atoms with Crippen LogP contribution in [-0.4, -0.2) is 30.2 Å². The van der Waals surface area contributed by atoms with E-state index in [1.807, 2.05) is 37.4 Å². The highest BCUT2D eigenvalue weighted by Gasteiger charge is 2.13. The van der Waals surface area contributed by atoms with Crippen LogP contribution in [-0.2, 0) is 0 Å². The molecule has 2 heteroatoms. The molecule has 0 saturated heterocycles. The molecule has 0 saturated carbocycles. The normalized spacial score (nSPS) is 13.2. The van der Waals surface area contributed by atoms with Gasteiger partial charge in [-0.3, -0.25) is 4.90 Å². The molecule has 0 aliphatic rings. The predicted molar refractivity (Wildman–Crippen MR) is 54.6 cm³/mol. The number of benzene rings is 1. The molecule has 1 aromatic rings. The van der Waals surface area contributed by atoms with Crippen molar-refractivity contribution in [1.29, 1.82) is 0 Å². The Morgan fingerprint density at radius 3 is 2.38 bits per heavy atom.